The lowest BCUT2D eigenvalue weighted by Gasteiger charge is -2.14. The largest absolute Gasteiger partial charge is 0.341 e. The van der Waals surface area contributed by atoms with Crippen LogP contribution in [-0.2, 0) is 0 Å². The van der Waals surface area contributed by atoms with E-state index in [2.05, 4.69) is 37.5 Å². The summed E-state index contributed by atoms with van der Waals surface area (Å²) in [5.74, 6) is 0.763. The molecule has 2 heterocycles. The first-order chi connectivity index (χ1) is 10.7. The van der Waals surface area contributed by atoms with Crippen LogP contribution in [0.25, 0.3) is 6.08 Å². The van der Waals surface area contributed by atoms with Crippen molar-refractivity contribution in [1.29, 1.82) is 0 Å². The topological polar surface area (TPSA) is 46.1 Å². The van der Waals surface area contributed by atoms with Crippen LogP contribution in [0.1, 0.15) is 28.8 Å². The number of aromatic nitrogens is 2. The van der Waals surface area contributed by atoms with Crippen LogP contribution in [-0.4, -0.2) is 28.8 Å². The summed E-state index contributed by atoms with van der Waals surface area (Å²) in [7, 11) is 0. The van der Waals surface area contributed by atoms with Crippen LogP contribution in [0.4, 0.5) is 5.95 Å². The van der Waals surface area contributed by atoms with Crippen molar-refractivity contribution in [2.45, 2.75) is 12.8 Å². The average Bonchev–Trinajstić information content (AvgIpc) is 3.08. The zero-order chi connectivity index (χ0) is 15.4. The van der Waals surface area contributed by atoms with Gasteiger partial charge in [-0.05, 0) is 59.7 Å². The molecule has 0 aliphatic carbocycles. The fourth-order valence-corrected chi connectivity index (χ4v) is 2.74. The van der Waals surface area contributed by atoms with Crippen LogP contribution in [0.15, 0.2) is 42.7 Å². The highest BCUT2D eigenvalue weighted by Gasteiger charge is 2.14. The fraction of sp³-hybridized carbons (Fsp3) is 0.235. The predicted octanol–water partition coefficient (Wildman–Crippen LogP) is 3.58. The Balaban J connectivity index is 1.67. The van der Waals surface area contributed by atoms with E-state index in [9.17, 15) is 4.79 Å². The van der Waals surface area contributed by atoms with Crippen LogP contribution < -0.4 is 4.90 Å². The molecule has 0 bridgehead atoms. The van der Waals surface area contributed by atoms with Gasteiger partial charge in [0.15, 0.2) is 5.78 Å². The summed E-state index contributed by atoms with van der Waals surface area (Å²) in [6, 6.07) is 7.52. The molecule has 0 spiro atoms. The summed E-state index contributed by atoms with van der Waals surface area (Å²) in [6.45, 7) is 2.06. The highest BCUT2D eigenvalue weighted by molar-refractivity contribution is 14.1. The summed E-state index contributed by atoms with van der Waals surface area (Å²) < 4.78 is 1.11. The van der Waals surface area contributed by atoms with Gasteiger partial charge in [-0.2, -0.15) is 0 Å². The molecule has 5 heteroatoms. The van der Waals surface area contributed by atoms with Crippen LogP contribution in [0.2, 0.25) is 0 Å². The lowest BCUT2D eigenvalue weighted by atomic mass is 10.1. The second kappa shape index (κ2) is 7.00. The van der Waals surface area contributed by atoms with Crippen LogP contribution in [0, 0.1) is 3.57 Å². The van der Waals surface area contributed by atoms with Gasteiger partial charge in [-0.25, -0.2) is 9.97 Å². The maximum absolute atomic E-state index is 12.1. The molecule has 1 aromatic heterocycles. The highest BCUT2D eigenvalue weighted by atomic mass is 127. The van der Waals surface area contributed by atoms with Gasteiger partial charge in [0.1, 0.15) is 0 Å². The number of allylic oxidation sites excluding steroid dienone is 1. The fourth-order valence-electron chi connectivity index (χ4n) is 2.38. The van der Waals surface area contributed by atoms with Crippen molar-refractivity contribution in [1.82, 2.24) is 9.97 Å². The Morgan fingerprint density at radius 3 is 2.36 bits per heavy atom. The molecule has 1 saturated heterocycles. The third-order valence-corrected chi connectivity index (χ3v) is 4.32. The van der Waals surface area contributed by atoms with Gasteiger partial charge in [0, 0.05) is 40.2 Å². The molecule has 0 atom stereocenters. The van der Waals surface area contributed by atoms with Crippen LogP contribution in [0.5, 0.6) is 0 Å². The van der Waals surface area contributed by atoms with Crippen molar-refractivity contribution in [2.24, 2.45) is 0 Å². The molecule has 2 aromatic rings. The van der Waals surface area contributed by atoms with Gasteiger partial charge in [-0.1, -0.05) is 12.1 Å². The van der Waals surface area contributed by atoms with Gasteiger partial charge in [-0.3, -0.25) is 4.79 Å². The summed E-state index contributed by atoms with van der Waals surface area (Å²) in [5.41, 5.74) is 1.52. The van der Waals surface area contributed by atoms with Gasteiger partial charge in [0.2, 0.25) is 5.95 Å². The molecule has 0 amide bonds. The van der Waals surface area contributed by atoms with Crippen LogP contribution in [0.3, 0.4) is 0 Å². The van der Waals surface area contributed by atoms with Crippen molar-refractivity contribution in [3.05, 3.63) is 57.4 Å². The van der Waals surface area contributed by atoms with Crippen molar-refractivity contribution >= 4 is 40.4 Å². The SMILES string of the molecule is O=C(/C=C/c1cnc(N2CCCC2)nc1)c1ccc(I)cc1. The molecule has 1 fully saturated rings. The molecular formula is C17H16IN3O. The van der Waals surface area contributed by atoms with Gasteiger partial charge in [0.05, 0.1) is 0 Å². The number of nitrogens with zero attached hydrogens (tertiary/aromatic N) is 3. The lowest BCUT2D eigenvalue weighted by molar-refractivity contribution is 0.104. The second-order valence-electron chi connectivity index (χ2n) is 5.22. The van der Waals surface area contributed by atoms with Gasteiger partial charge in [-0.15, -0.1) is 0 Å². The number of benzene rings is 1. The first kappa shape index (κ1) is 15.1. The van der Waals surface area contributed by atoms with Crippen molar-refractivity contribution in [3.8, 4) is 0 Å². The monoisotopic (exact) mass is 405 g/mol. The number of carbonyl (C=O) groups excluding carboxylic acids is 1. The predicted molar refractivity (Wildman–Crippen MR) is 96.0 cm³/mol. The molecular weight excluding hydrogens is 389 g/mol. The number of rotatable bonds is 4. The van der Waals surface area contributed by atoms with E-state index in [-0.39, 0.29) is 5.78 Å². The number of carbonyl (C=O) groups is 1. The second-order valence-corrected chi connectivity index (χ2v) is 6.46. The maximum atomic E-state index is 12.1. The first-order valence-corrected chi connectivity index (χ1v) is 8.35. The maximum Gasteiger partial charge on any atom is 0.225 e. The molecule has 112 valence electrons. The third-order valence-electron chi connectivity index (χ3n) is 3.60. The van der Waals surface area contributed by atoms with Crippen molar-refractivity contribution < 1.29 is 4.79 Å². The zero-order valence-corrected chi connectivity index (χ0v) is 14.2. The summed E-state index contributed by atoms with van der Waals surface area (Å²) in [4.78, 5) is 23.0. The molecule has 3 rings (SSSR count). The zero-order valence-electron chi connectivity index (χ0n) is 12.1. The van der Waals surface area contributed by atoms with Crippen molar-refractivity contribution in [2.75, 3.05) is 18.0 Å². The Bertz CT molecular complexity index is 674. The molecule has 1 aliphatic rings. The lowest BCUT2D eigenvalue weighted by Crippen LogP contribution is -2.20. The minimum Gasteiger partial charge on any atom is -0.341 e. The minimum absolute atomic E-state index is 0.0139. The van der Waals surface area contributed by atoms with E-state index in [1.807, 2.05) is 24.3 Å². The van der Waals surface area contributed by atoms with Gasteiger partial charge >= 0.3 is 0 Å². The Hall–Kier alpha value is -1.76. The van der Waals surface area contributed by atoms with E-state index >= 15 is 0 Å². The Morgan fingerprint density at radius 2 is 1.73 bits per heavy atom. The molecule has 22 heavy (non-hydrogen) atoms. The van der Waals surface area contributed by atoms with E-state index in [0.29, 0.717) is 5.56 Å². The number of hydrogen-bond donors (Lipinski definition) is 0. The average molecular weight is 405 g/mol. The highest BCUT2D eigenvalue weighted by Crippen LogP contribution is 2.15. The number of halogens is 1. The third kappa shape index (κ3) is 3.71. The molecule has 1 aromatic carbocycles. The molecule has 0 N–H and O–H groups in total. The Kier molecular flexibility index (Phi) is 4.82. The normalized spacial score (nSPS) is 14.7. The van der Waals surface area contributed by atoms with Crippen molar-refractivity contribution in [3.63, 3.8) is 0 Å². The Labute approximate surface area is 143 Å². The molecule has 4 nitrogen and oxygen atoms in total. The minimum atomic E-state index is -0.0139. The number of anilines is 1. The molecule has 1 aliphatic heterocycles. The summed E-state index contributed by atoms with van der Waals surface area (Å²) in [6.07, 6.45) is 9.26. The Morgan fingerprint density at radius 1 is 1.09 bits per heavy atom. The van der Waals surface area contributed by atoms with E-state index in [4.69, 9.17) is 0 Å². The van der Waals surface area contributed by atoms with E-state index in [1.54, 1.807) is 24.5 Å². The van der Waals surface area contributed by atoms with E-state index in [0.717, 1.165) is 28.2 Å². The van der Waals surface area contributed by atoms with Crippen LogP contribution >= 0.6 is 22.6 Å². The molecule has 0 unspecified atom stereocenters. The summed E-state index contributed by atoms with van der Waals surface area (Å²) >= 11 is 2.22. The van der Waals surface area contributed by atoms with Gasteiger partial charge in [0.25, 0.3) is 0 Å². The van der Waals surface area contributed by atoms with E-state index < -0.39 is 0 Å². The molecule has 0 radical (unpaired) electrons. The number of hydrogen-bond acceptors (Lipinski definition) is 4. The quantitative estimate of drug-likeness (QED) is 0.443. The molecule has 0 saturated carbocycles. The summed E-state index contributed by atoms with van der Waals surface area (Å²) in [5, 5.41) is 0. The standard InChI is InChI=1S/C17H16IN3O/c18-15-6-4-14(5-7-15)16(22)8-3-13-11-19-17(20-12-13)21-9-1-2-10-21/h3-8,11-12H,1-2,9-10H2/b8-3+. The smallest absolute Gasteiger partial charge is 0.225 e. The first-order valence-electron chi connectivity index (χ1n) is 7.27. The number of ketones is 1. The van der Waals surface area contributed by atoms with E-state index in [1.165, 1.54) is 12.8 Å². The van der Waals surface area contributed by atoms with Gasteiger partial charge < -0.3 is 4.90 Å².